The SMILES string of the molecule is COc1ccc(/C=C\C(=O)O)cc1C/C=C(\C)[C@H](O)CC=C(C)C. The van der Waals surface area contributed by atoms with Crippen LogP contribution in [-0.2, 0) is 11.2 Å². The average Bonchev–Trinajstić information content (AvgIpc) is 2.55. The number of aliphatic carboxylic acids is 1. The van der Waals surface area contributed by atoms with Crippen molar-refractivity contribution in [2.24, 2.45) is 0 Å². The van der Waals surface area contributed by atoms with Gasteiger partial charge in [-0.25, -0.2) is 4.79 Å². The Morgan fingerprint density at radius 1 is 1.25 bits per heavy atom. The Hall–Kier alpha value is -2.33. The summed E-state index contributed by atoms with van der Waals surface area (Å²) >= 11 is 0. The van der Waals surface area contributed by atoms with E-state index in [-0.39, 0.29) is 0 Å². The van der Waals surface area contributed by atoms with E-state index < -0.39 is 12.1 Å². The fourth-order valence-corrected chi connectivity index (χ4v) is 2.17. The molecule has 0 aliphatic rings. The number of ether oxygens (including phenoxy) is 1. The predicted octanol–water partition coefficient (Wildman–Crippen LogP) is 4.00. The van der Waals surface area contributed by atoms with Crippen LogP contribution in [0, 0.1) is 0 Å². The Kier molecular flexibility index (Phi) is 7.99. The van der Waals surface area contributed by atoms with Gasteiger partial charge in [0.1, 0.15) is 5.75 Å². The van der Waals surface area contributed by atoms with Gasteiger partial charge in [0, 0.05) is 6.08 Å². The summed E-state index contributed by atoms with van der Waals surface area (Å²) in [4.78, 5) is 10.6. The van der Waals surface area contributed by atoms with Gasteiger partial charge in [0.25, 0.3) is 0 Å². The predicted molar refractivity (Wildman–Crippen MR) is 97.2 cm³/mol. The van der Waals surface area contributed by atoms with Crippen LogP contribution in [0.1, 0.15) is 38.3 Å². The van der Waals surface area contributed by atoms with E-state index in [9.17, 15) is 9.90 Å². The first-order valence-corrected chi connectivity index (χ1v) is 7.89. The van der Waals surface area contributed by atoms with E-state index in [1.807, 2.05) is 51.1 Å². The van der Waals surface area contributed by atoms with Gasteiger partial charge in [0.15, 0.2) is 0 Å². The minimum atomic E-state index is -0.981. The van der Waals surface area contributed by atoms with Crippen LogP contribution in [0.25, 0.3) is 6.08 Å². The fraction of sp³-hybridized carbons (Fsp3) is 0.350. The molecule has 0 unspecified atom stereocenters. The largest absolute Gasteiger partial charge is 0.496 e. The molecule has 0 heterocycles. The van der Waals surface area contributed by atoms with Crippen LogP contribution in [-0.4, -0.2) is 29.4 Å². The average molecular weight is 330 g/mol. The maximum Gasteiger partial charge on any atom is 0.328 e. The van der Waals surface area contributed by atoms with E-state index in [1.165, 1.54) is 5.57 Å². The summed E-state index contributed by atoms with van der Waals surface area (Å²) in [6, 6.07) is 5.52. The Bertz CT molecular complexity index is 650. The molecule has 0 aliphatic heterocycles. The van der Waals surface area contributed by atoms with Gasteiger partial charge >= 0.3 is 5.97 Å². The van der Waals surface area contributed by atoms with Crippen LogP contribution in [0.4, 0.5) is 0 Å². The lowest BCUT2D eigenvalue weighted by Gasteiger charge is -2.11. The highest BCUT2D eigenvalue weighted by Gasteiger charge is 2.07. The van der Waals surface area contributed by atoms with Crippen molar-refractivity contribution in [3.8, 4) is 5.75 Å². The first-order valence-electron chi connectivity index (χ1n) is 7.89. The molecule has 0 spiro atoms. The summed E-state index contributed by atoms with van der Waals surface area (Å²) < 4.78 is 5.36. The maximum atomic E-state index is 10.6. The molecule has 0 saturated heterocycles. The second kappa shape index (κ2) is 9.73. The minimum Gasteiger partial charge on any atom is -0.496 e. The molecule has 1 aromatic carbocycles. The molecule has 0 amide bonds. The molecule has 130 valence electrons. The molecule has 1 aromatic rings. The topological polar surface area (TPSA) is 66.8 Å². The molecule has 2 N–H and O–H groups in total. The highest BCUT2D eigenvalue weighted by Crippen LogP contribution is 2.22. The Morgan fingerprint density at radius 3 is 2.54 bits per heavy atom. The summed E-state index contributed by atoms with van der Waals surface area (Å²) in [6.45, 7) is 5.92. The van der Waals surface area contributed by atoms with Crippen molar-refractivity contribution < 1.29 is 19.7 Å². The molecule has 0 fully saturated rings. The smallest absolute Gasteiger partial charge is 0.328 e. The molecule has 4 heteroatoms. The number of carbonyl (C=O) groups is 1. The summed E-state index contributed by atoms with van der Waals surface area (Å²) in [5.74, 6) is -0.240. The number of carboxylic acid groups (broad SMARTS) is 1. The number of hydrogen-bond acceptors (Lipinski definition) is 3. The molecule has 1 atom stereocenters. The number of aliphatic hydroxyl groups excluding tert-OH is 1. The van der Waals surface area contributed by atoms with E-state index in [0.29, 0.717) is 12.8 Å². The molecule has 4 nitrogen and oxygen atoms in total. The van der Waals surface area contributed by atoms with Gasteiger partial charge in [-0.05, 0) is 68.5 Å². The lowest BCUT2D eigenvalue weighted by atomic mass is 10.0. The first-order chi connectivity index (χ1) is 11.3. The van der Waals surface area contributed by atoms with Crippen molar-refractivity contribution in [3.05, 3.63) is 58.7 Å². The number of methoxy groups -OCH3 is 1. The third kappa shape index (κ3) is 6.84. The van der Waals surface area contributed by atoms with Gasteiger partial charge in [0.2, 0.25) is 0 Å². The monoisotopic (exact) mass is 330 g/mol. The van der Waals surface area contributed by atoms with Crippen molar-refractivity contribution >= 4 is 12.0 Å². The quantitative estimate of drug-likeness (QED) is 0.558. The van der Waals surface area contributed by atoms with Crippen molar-refractivity contribution in [1.82, 2.24) is 0 Å². The standard InChI is InChI=1S/C20H26O4/c1-14(2)5-10-18(21)15(3)6-9-17-13-16(8-12-20(22)23)7-11-19(17)24-4/h5-8,11-13,18,21H,9-10H2,1-4H3,(H,22,23)/b12-8-,15-6+/t18-/m1/s1. The van der Waals surface area contributed by atoms with Crippen LogP contribution >= 0.6 is 0 Å². The molecule has 0 bridgehead atoms. The highest BCUT2D eigenvalue weighted by molar-refractivity contribution is 5.85. The zero-order chi connectivity index (χ0) is 18.1. The number of carboxylic acids is 1. The van der Waals surface area contributed by atoms with Crippen molar-refractivity contribution in [2.75, 3.05) is 7.11 Å². The normalized spacial score (nSPS) is 13.0. The number of benzene rings is 1. The van der Waals surface area contributed by atoms with E-state index >= 15 is 0 Å². The second-order valence-corrected chi connectivity index (χ2v) is 5.93. The van der Waals surface area contributed by atoms with E-state index in [2.05, 4.69) is 0 Å². The van der Waals surface area contributed by atoms with Gasteiger partial charge in [-0.2, -0.15) is 0 Å². The van der Waals surface area contributed by atoms with Gasteiger partial charge in [0.05, 0.1) is 13.2 Å². The number of rotatable bonds is 8. The van der Waals surface area contributed by atoms with Crippen molar-refractivity contribution in [3.63, 3.8) is 0 Å². The molecule has 0 saturated carbocycles. The van der Waals surface area contributed by atoms with Crippen LogP contribution in [0.5, 0.6) is 5.75 Å². The maximum absolute atomic E-state index is 10.6. The molecule has 0 aromatic heterocycles. The molecule has 24 heavy (non-hydrogen) atoms. The lowest BCUT2D eigenvalue weighted by molar-refractivity contribution is -0.131. The third-order valence-corrected chi connectivity index (χ3v) is 3.64. The Balaban J connectivity index is 2.91. The van der Waals surface area contributed by atoms with Gasteiger partial charge in [-0.1, -0.05) is 23.8 Å². The van der Waals surface area contributed by atoms with E-state index in [1.54, 1.807) is 13.2 Å². The van der Waals surface area contributed by atoms with Crippen LogP contribution in [0.2, 0.25) is 0 Å². The molecule has 0 radical (unpaired) electrons. The van der Waals surface area contributed by atoms with Crippen molar-refractivity contribution in [1.29, 1.82) is 0 Å². The zero-order valence-electron chi connectivity index (χ0n) is 14.7. The zero-order valence-corrected chi connectivity index (χ0v) is 14.7. The first kappa shape index (κ1) is 19.7. The Morgan fingerprint density at radius 2 is 1.96 bits per heavy atom. The lowest BCUT2D eigenvalue weighted by Crippen LogP contribution is -2.07. The fourth-order valence-electron chi connectivity index (χ4n) is 2.17. The Labute approximate surface area is 143 Å². The van der Waals surface area contributed by atoms with Gasteiger partial charge in [-0.15, -0.1) is 0 Å². The number of hydrogen-bond donors (Lipinski definition) is 2. The number of aliphatic hydroxyl groups is 1. The van der Waals surface area contributed by atoms with Crippen LogP contribution < -0.4 is 4.74 Å². The summed E-state index contributed by atoms with van der Waals surface area (Å²) in [5.41, 5.74) is 3.82. The third-order valence-electron chi connectivity index (χ3n) is 3.64. The van der Waals surface area contributed by atoms with Gasteiger partial charge in [-0.3, -0.25) is 0 Å². The summed E-state index contributed by atoms with van der Waals surface area (Å²) in [6.07, 6.45) is 7.35. The molecular weight excluding hydrogens is 304 g/mol. The van der Waals surface area contributed by atoms with Crippen LogP contribution in [0.3, 0.4) is 0 Å². The minimum absolute atomic E-state index is 0.499. The molecule has 0 aliphatic carbocycles. The summed E-state index contributed by atoms with van der Waals surface area (Å²) in [7, 11) is 1.60. The van der Waals surface area contributed by atoms with Gasteiger partial charge < -0.3 is 14.9 Å². The molecule has 1 rings (SSSR count). The highest BCUT2D eigenvalue weighted by atomic mass is 16.5. The van der Waals surface area contributed by atoms with E-state index in [0.717, 1.165) is 28.5 Å². The van der Waals surface area contributed by atoms with E-state index in [4.69, 9.17) is 9.84 Å². The second-order valence-electron chi connectivity index (χ2n) is 5.93. The van der Waals surface area contributed by atoms with Crippen LogP contribution in [0.15, 0.2) is 47.6 Å². The number of allylic oxidation sites excluding steroid dienone is 2. The molecular formula is C20H26O4. The summed E-state index contributed by atoms with van der Waals surface area (Å²) in [5, 5.41) is 18.9. The van der Waals surface area contributed by atoms with Crippen molar-refractivity contribution in [2.45, 2.75) is 39.7 Å².